The van der Waals surface area contributed by atoms with E-state index >= 15 is 0 Å². The third-order valence-corrected chi connectivity index (χ3v) is 17.7. The molecule has 0 saturated heterocycles. The van der Waals surface area contributed by atoms with Crippen molar-refractivity contribution in [1.82, 2.24) is 0 Å². The smallest absolute Gasteiger partial charge is 0.306 e. The molecule has 0 aliphatic rings. The Morgan fingerprint density at radius 1 is 0.364 bits per heavy atom. The molecule has 0 heterocycles. The quantitative estimate of drug-likeness (QED) is 0.0195. The number of unbranched alkanes of at least 4 members (excludes halogenated alkanes) is 44. The summed E-state index contributed by atoms with van der Waals surface area (Å²) in [5, 5.41) is 0. The molecule has 2 unspecified atom stereocenters. The number of rotatable bonds is 70. The summed E-state index contributed by atoms with van der Waals surface area (Å²) in [6.07, 6.45) is 92.9. The number of likely N-dealkylation sites (N-methyl/N-ethyl adjacent to an activating group) is 1. The molecule has 10 heteroatoms. The van der Waals surface area contributed by atoms with Crippen molar-refractivity contribution in [3.63, 3.8) is 0 Å². The zero-order chi connectivity index (χ0) is 64.1. The zero-order valence-corrected chi connectivity index (χ0v) is 59.6. The number of hydrogen-bond donors (Lipinski definition) is 0. The van der Waals surface area contributed by atoms with Gasteiger partial charge < -0.3 is 27.9 Å². The molecule has 9 nitrogen and oxygen atoms in total. The second-order valence-electron chi connectivity index (χ2n) is 26.6. The van der Waals surface area contributed by atoms with Gasteiger partial charge in [0.25, 0.3) is 7.82 Å². The van der Waals surface area contributed by atoms with Crippen molar-refractivity contribution in [3.8, 4) is 0 Å². The predicted molar refractivity (Wildman–Crippen MR) is 379 cm³/mol. The molecule has 0 bridgehead atoms. The molecule has 0 aliphatic carbocycles. The summed E-state index contributed by atoms with van der Waals surface area (Å²) >= 11 is 0. The van der Waals surface area contributed by atoms with Crippen LogP contribution in [0, 0.1) is 0 Å². The van der Waals surface area contributed by atoms with E-state index in [-0.39, 0.29) is 32.0 Å². The first kappa shape index (κ1) is 85.5. The number of esters is 2. The zero-order valence-electron chi connectivity index (χ0n) is 58.7. The van der Waals surface area contributed by atoms with E-state index in [0.717, 1.165) is 70.6 Å². The van der Waals surface area contributed by atoms with Crippen molar-refractivity contribution < 1.29 is 42.1 Å². The lowest BCUT2D eigenvalue weighted by Gasteiger charge is -2.28. The summed E-state index contributed by atoms with van der Waals surface area (Å²) < 4.78 is 34.4. The van der Waals surface area contributed by atoms with E-state index in [9.17, 15) is 19.0 Å². The Balaban J connectivity index is 3.95. The van der Waals surface area contributed by atoms with Gasteiger partial charge in [-0.15, -0.1) is 0 Å². The van der Waals surface area contributed by atoms with E-state index in [4.69, 9.17) is 18.5 Å². The molecule has 514 valence electrons. The maximum absolute atomic E-state index is 12.9. The molecule has 0 spiro atoms. The number of carbonyl (C=O) groups excluding carboxylic acids is 2. The SMILES string of the molecule is CC/C=C\C/C=C\C/C=C\C/C=C\CCCCCCCCCCCCCCCCCCC(=O)OC(COC(=O)CCCCCCCCCCCCCCCCCCCCCCCCC/C=C\C/C=C\CCCCCCC)COP(=O)([O-])OCC[N+](C)(C)C. The van der Waals surface area contributed by atoms with Gasteiger partial charge >= 0.3 is 11.9 Å². The molecule has 2 atom stereocenters. The Morgan fingerprint density at radius 2 is 0.648 bits per heavy atom. The molecule has 0 N–H and O–H groups in total. The van der Waals surface area contributed by atoms with Crippen molar-refractivity contribution in [2.75, 3.05) is 47.5 Å². The van der Waals surface area contributed by atoms with Gasteiger partial charge in [0.2, 0.25) is 0 Å². The molecule has 0 rings (SSSR count). The van der Waals surface area contributed by atoms with Crippen LogP contribution in [-0.2, 0) is 32.7 Å². The van der Waals surface area contributed by atoms with E-state index in [1.807, 2.05) is 21.1 Å². The minimum atomic E-state index is -4.64. The van der Waals surface area contributed by atoms with Crippen molar-refractivity contribution in [1.29, 1.82) is 0 Å². The van der Waals surface area contributed by atoms with Crippen LogP contribution >= 0.6 is 7.82 Å². The lowest BCUT2D eigenvalue weighted by molar-refractivity contribution is -0.870. The minimum absolute atomic E-state index is 0.0302. The Bertz CT molecular complexity index is 1710. The largest absolute Gasteiger partial charge is 0.756 e. The molecular formula is C78H144NO8P. The van der Waals surface area contributed by atoms with Crippen molar-refractivity contribution in [2.45, 2.75) is 367 Å². The first-order valence-electron chi connectivity index (χ1n) is 37.6. The number of phosphoric acid groups is 1. The van der Waals surface area contributed by atoms with Gasteiger partial charge in [0.1, 0.15) is 19.8 Å². The van der Waals surface area contributed by atoms with Gasteiger partial charge in [0.15, 0.2) is 6.10 Å². The standard InChI is InChI=1S/C78H144NO8P/c1-6-8-10-12-14-16-18-20-22-24-26-28-30-32-34-36-37-38-39-40-41-43-44-46-48-50-52-54-56-58-60-62-64-66-68-70-77(80)84-74-76(75-86-88(82,83)85-73-72-79(3,4)5)87-78(81)71-69-67-65-63-61-59-57-55-53-51-49-47-45-42-35-33-31-29-27-25-23-21-19-17-15-13-11-9-7-2/h9,11,15,17-18,20-21,23-24,26-27,29,76H,6-8,10,12-14,16,19,22,25,28,30-75H2,1-5H3/b11-9-,17-15-,20-18-,23-21-,26-24-,29-27-. The monoisotopic (exact) mass is 1250 g/mol. The number of nitrogens with zero attached hydrogens (tertiary/aromatic N) is 1. The van der Waals surface area contributed by atoms with E-state index in [2.05, 4.69) is 86.8 Å². The molecule has 0 aromatic rings. The fourth-order valence-electron chi connectivity index (χ4n) is 11.0. The van der Waals surface area contributed by atoms with Gasteiger partial charge in [-0.3, -0.25) is 14.2 Å². The highest BCUT2D eigenvalue weighted by atomic mass is 31.2. The van der Waals surface area contributed by atoms with Gasteiger partial charge in [0, 0.05) is 12.8 Å². The number of phosphoric ester groups is 1. The van der Waals surface area contributed by atoms with E-state index < -0.39 is 26.5 Å². The lowest BCUT2D eigenvalue weighted by atomic mass is 10.0. The van der Waals surface area contributed by atoms with Gasteiger partial charge in [-0.05, 0) is 83.5 Å². The van der Waals surface area contributed by atoms with E-state index in [1.165, 1.54) is 257 Å². The van der Waals surface area contributed by atoms with Crippen LogP contribution < -0.4 is 4.89 Å². The lowest BCUT2D eigenvalue weighted by Crippen LogP contribution is -2.37. The second-order valence-corrected chi connectivity index (χ2v) is 28.0. The average Bonchev–Trinajstić information content (AvgIpc) is 3.68. The summed E-state index contributed by atoms with van der Waals surface area (Å²) in [5.41, 5.74) is 0. The van der Waals surface area contributed by atoms with Crippen molar-refractivity contribution in [2.24, 2.45) is 0 Å². The Kier molecular flexibility index (Phi) is 66.8. The van der Waals surface area contributed by atoms with Crippen LogP contribution in [0.5, 0.6) is 0 Å². The molecule has 0 aromatic carbocycles. The third-order valence-electron chi connectivity index (χ3n) is 16.7. The van der Waals surface area contributed by atoms with Gasteiger partial charge in [-0.2, -0.15) is 0 Å². The number of carbonyl (C=O) groups is 2. The highest BCUT2D eigenvalue weighted by molar-refractivity contribution is 7.45. The maximum Gasteiger partial charge on any atom is 0.306 e. The molecular weight excluding hydrogens is 1110 g/mol. The Morgan fingerprint density at radius 3 is 0.966 bits per heavy atom. The fourth-order valence-corrected chi connectivity index (χ4v) is 11.7. The molecule has 88 heavy (non-hydrogen) atoms. The molecule has 0 radical (unpaired) electrons. The van der Waals surface area contributed by atoms with Crippen LogP contribution in [0.2, 0.25) is 0 Å². The number of quaternary nitrogens is 1. The normalized spacial score (nSPS) is 13.5. The van der Waals surface area contributed by atoms with Crippen molar-refractivity contribution >= 4 is 19.8 Å². The fraction of sp³-hybridized carbons (Fsp3) is 0.821. The molecule has 0 saturated carbocycles. The summed E-state index contributed by atoms with van der Waals surface area (Å²) in [4.78, 5) is 38.1. The maximum atomic E-state index is 12.9. The van der Waals surface area contributed by atoms with E-state index in [0.29, 0.717) is 17.4 Å². The molecule has 0 aromatic heterocycles. The first-order chi connectivity index (χ1) is 43.0. The number of allylic oxidation sites excluding steroid dienone is 12. The van der Waals surface area contributed by atoms with Gasteiger partial charge in [-0.1, -0.05) is 337 Å². The summed E-state index contributed by atoms with van der Waals surface area (Å²) in [7, 11) is 1.18. The Hall–Kier alpha value is -2.55. The number of ether oxygens (including phenoxy) is 2. The number of hydrogen-bond acceptors (Lipinski definition) is 8. The highest BCUT2D eigenvalue weighted by Crippen LogP contribution is 2.38. The average molecular weight is 1250 g/mol. The molecule has 0 amide bonds. The molecule has 0 aliphatic heterocycles. The van der Waals surface area contributed by atoms with Crippen LogP contribution in [0.3, 0.4) is 0 Å². The van der Waals surface area contributed by atoms with Crippen LogP contribution in [0.25, 0.3) is 0 Å². The van der Waals surface area contributed by atoms with Gasteiger partial charge in [0.05, 0.1) is 27.7 Å². The van der Waals surface area contributed by atoms with Crippen LogP contribution in [0.1, 0.15) is 361 Å². The molecule has 0 fully saturated rings. The topological polar surface area (TPSA) is 111 Å². The highest BCUT2D eigenvalue weighted by Gasteiger charge is 2.22. The summed E-state index contributed by atoms with van der Waals surface area (Å²) in [6, 6.07) is 0. The van der Waals surface area contributed by atoms with Crippen LogP contribution in [0.4, 0.5) is 0 Å². The Labute approximate surface area is 546 Å². The minimum Gasteiger partial charge on any atom is -0.756 e. The predicted octanol–water partition coefficient (Wildman–Crippen LogP) is 24.1. The first-order valence-corrected chi connectivity index (χ1v) is 39.1. The van der Waals surface area contributed by atoms with E-state index in [1.54, 1.807) is 0 Å². The van der Waals surface area contributed by atoms with Gasteiger partial charge in [-0.25, -0.2) is 0 Å². The van der Waals surface area contributed by atoms with Crippen molar-refractivity contribution in [3.05, 3.63) is 72.9 Å². The van der Waals surface area contributed by atoms with Crippen LogP contribution in [0.15, 0.2) is 72.9 Å². The summed E-state index contributed by atoms with van der Waals surface area (Å²) in [6.45, 7) is 4.17. The summed E-state index contributed by atoms with van der Waals surface area (Å²) in [5.74, 6) is -0.816. The second kappa shape index (κ2) is 68.8. The van der Waals surface area contributed by atoms with Crippen LogP contribution in [-0.4, -0.2) is 70.0 Å². The third kappa shape index (κ3) is 72.5.